The maximum Gasteiger partial charge on any atom is 0.305 e. The molecule has 0 fully saturated rings. The van der Waals surface area contributed by atoms with Crippen molar-refractivity contribution in [3.8, 4) is 0 Å². The molecule has 1 aliphatic carbocycles. The summed E-state index contributed by atoms with van der Waals surface area (Å²) in [5.74, 6) is 0.912. The van der Waals surface area contributed by atoms with Gasteiger partial charge in [0.05, 0.1) is 22.1 Å². The first-order valence-corrected chi connectivity index (χ1v) is 13.3. The summed E-state index contributed by atoms with van der Waals surface area (Å²) in [4.78, 5) is 42.1. The maximum atomic E-state index is 12.5. The van der Waals surface area contributed by atoms with Crippen molar-refractivity contribution in [2.24, 2.45) is 0 Å². The summed E-state index contributed by atoms with van der Waals surface area (Å²) in [5.41, 5.74) is 3.03. The number of H-pyrrole nitrogens is 1. The van der Waals surface area contributed by atoms with Gasteiger partial charge in [0.25, 0.3) is 0 Å². The van der Waals surface area contributed by atoms with Crippen LogP contribution in [0.3, 0.4) is 0 Å². The number of nitrogens with zero attached hydrogens (tertiary/aromatic N) is 4. The second-order valence-electron chi connectivity index (χ2n) is 9.20. The molecule has 0 spiro atoms. The van der Waals surface area contributed by atoms with Crippen molar-refractivity contribution in [3.63, 3.8) is 0 Å². The molecule has 11 heteroatoms. The lowest BCUT2D eigenvalue weighted by molar-refractivity contribution is -0.129. The Labute approximate surface area is 211 Å². The largest absolute Gasteiger partial charge is 0.343 e. The van der Waals surface area contributed by atoms with E-state index in [1.165, 1.54) is 21.8 Å². The Kier molecular flexibility index (Phi) is 6.83. The van der Waals surface area contributed by atoms with Gasteiger partial charge in [-0.15, -0.1) is 11.3 Å². The summed E-state index contributed by atoms with van der Waals surface area (Å²) in [6.45, 7) is 1.94. The number of amides is 1. The molecule has 1 unspecified atom stereocenters. The van der Waals surface area contributed by atoms with Gasteiger partial charge in [-0.3, -0.25) is 9.59 Å². The number of carbonyl (C=O) groups excluding carboxylic acids is 1. The third-order valence-electron chi connectivity index (χ3n) is 6.38. The minimum absolute atomic E-state index is 0.0569. The van der Waals surface area contributed by atoms with E-state index in [-0.39, 0.29) is 16.8 Å². The van der Waals surface area contributed by atoms with Crippen molar-refractivity contribution in [3.05, 3.63) is 44.6 Å². The average molecular weight is 512 g/mol. The highest BCUT2D eigenvalue weighted by atomic mass is 32.1. The number of aryl methyl sites for hydroxylation is 1. The first-order valence-electron chi connectivity index (χ1n) is 11.6. The first kappa shape index (κ1) is 23.9. The van der Waals surface area contributed by atoms with Gasteiger partial charge >= 0.3 is 4.87 Å². The number of anilines is 2. The topological polar surface area (TPSA) is 106 Å². The number of aromatic amines is 1. The van der Waals surface area contributed by atoms with Crippen molar-refractivity contribution >= 4 is 60.5 Å². The van der Waals surface area contributed by atoms with Crippen LogP contribution < -0.4 is 15.5 Å². The molecule has 0 saturated heterocycles. The number of nitrogens with one attached hydrogen (secondary N) is 3. The highest BCUT2D eigenvalue weighted by Gasteiger charge is 2.25. The highest BCUT2D eigenvalue weighted by molar-refractivity contribution is 7.19. The predicted molar refractivity (Wildman–Crippen MR) is 143 cm³/mol. The fourth-order valence-corrected chi connectivity index (χ4v) is 6.42. The number of carbonyl (C=O) groups is 1. The Bertz CT molecular complexity index is 1420. The van der Waals surface area contributed by atoms with Gasteiger partial charge in [0, 0.05) is 36.7 Å². The second kappa shape index (κ2) is 10.0. The van der Waals surface area contributed by atoms with Crippen LogP contribution in [-0.2, 0) is 17.6 Å². The summed E-state index contributed by atoms with van der Waals surface area (Å²) in [7, 11) is 5.88. The maximum absolute atomic E-state index is 12.5. The molecule has 3 N–H and O–H groups in total. The summed E-state index contributed by atoms with van der Waals surface area (Å²) < 4.78 is 0.911. The standard InChI is InChI=1S/C24H29N7O2S2/c1-30(2)8-9-31(3)20(32)12-25-14-4-6-16-18(10-14)34-23-21(16)22(26-13-27-23)28-15-5-7-17-19(11-15)35-24(33)29-17/h5,7,11,13-14,25H,4,6,8-10,12H2,1-3H3,(H,29,33)(H,26,27,28). The lowest BCUT2D eigenvalue weighted by atomic mass is 9.93. The van der Waals surface area contributed by atoms with E-state index in [2.05, 4.69) is 30.5 Å². The van der Waals surface area contributed by atoms with E-state index in [1.54, 1.807) is 22.6 Å². The van der Waals surface area contributed by atoms with Gasteiger partial charge in [-0.25, -0.2) is 9.97 Å². The SMILES string of the molecule is CN(C)CCN(C)C(=O)CNC1CCc2c(sc3ncnc(Nc4ccc5[nH]c(=O)sc5c4)c23)C1. The quantitative estimate of drug-likeness (QED) is 0.334. The molecule has 0 radical (unpaired) electrons. The molecule has 5 rings (SSSR count). The zero-order chi connectivity index (χ0) is 24.5. The minimum atomic E-state index is -0.0569. The van der Waals surface area contributed by atoms with E-state index in [9.17, 15) is 9.59 Å². The van der Waals surface area contributed by atoms with E-state index in [4.69, 9.17) is 0 Å². The fraction of sp³-hybridized carbons (Fsp3) is 0.417. The summed E-state index contributed by atoms with van der Waals surface area (Å²) in [6.07, 6.45) is 4.36. The van der Waals surface area contributed by atoms with Crippen molar-refractivity contribution in [2.45, 2.75) is 25.3 Å². The summed E-state index contributed by atoms with van der Waals surface area (Å²) in [5, 5.41) is 7.99. The van der Waals surface area contributed by atoms with Crippen LogP contribution in [0.5, 0.6) is 0 Å². The molecule has 35 heavy (non-hydrogen) atoms. The normalized spacial score (nSPS) is 15.6. The molecule has 0 aliphatic heterocycles. The van der Waals surface area contributed by atoms with Gasteiger partial charge in [0.1, 0.15) is 17.0 Å². The van der Waals surface area contributed by atoms with Gasteiger partial charge in [-0.05, 0) is 57.1 Å². The van der Waals surface area contributed by atoms with Gasteiger partial charge in [-0.2, -0.15) is 0 Å². The smallest absolute Gasteiger partial charge is 0.305 e. The van der Waals surface area contributed by atoms with Crippen LogP contribution in [0.4, 0.5) is 11.5 Å². The predicted octanol–water partition coefficient (Wildman–Crippen LogP) is 2.80. The number of benzene rings is 1. The highest BCUT2D eigenvalue weighted by Crippen LogP contribution is 2.39. The molecule has 1 atom stereocenters. The minimum Gasteiger partial charge on any atom is -0.343 e. The van der Waals surface area contributed by atoms with Crippen LogP contribution in [0.2, 0.25) is 0 Å². The lowest BCUT2D eigenvalue weighted by Crippen LogP contribution is -2.43. The van der Waals surface area contributed by atoms with Crippen LogP contribution in [-0.4, -0.2) is 77.5 Å². The monoisotopic (exact) mass is 511 g/mol. The number of likely N-dealkylation sites (N-methyl/N-ethyl adjacent to an activating group) is 2. The Balaban J connectivity index is 1.29. The van der Waals surface area contributed by atoms with E-state index in [0.29, 0.717) is 6.54 Å². The van der Waals surface area contributed by atoms with E-state index >= 15 is 0 Å². The van der Waals surface area contributed by atoms with Crippen molar-refractivity contribution in [1.82, 2.24) is 30.1 Å². The number of hydrogen-bond acceptors (Lipinski definition) is 9. The molecule has 3 aromatic heterocycles. The second-order valence-corrected chi connectivity index (χ2v) is 11.3. The molecule has 0 bridgehead atoms. The molecule has 1 aliphatic rings. The zero-order valence-corrected chi connectivity index (χ0v) is 21.7. The third kappa shape index (κ3) is 5.22. The Morgan fingerprint density at radius 1 is 1.20 bits per heavy atom. The van der Waals surface area contributed by atoms with Crippen LogP contribution >= 0.6 is 22.7 Å². The van der Waals surface area contributed by atoms with Gasteiger partial charge in [0.2, 0.25) is 5.91 Å². The fourth-order valence-electron chi connectivity index (χ4n) is 4.38. The molecule has 1 amide bonds. The zero-order valence-electron chi connectivity index (χ0n) is 20.1. The Morgan fingerprint density at radius 3 is 2.89 bits per heavy atom. The van der Waals surface area contributed by atoms with Gasteiger partial charge in [-0.1, -0.05) is 11.3 Å². The van der Waals surface area contributed by atoms with E-state index < -0.39 is 0 Å². The summed E-state index contributed by atoms with van der Waals surface area (Å²) in [6, 6.07) is 6.10. The third-order valence-corrected chi connectivity index (χ3v) is 8.39. The van der Waals surface area contributed by atoms with E-state index in [0.717, 1.165) is 64.3 Å². The lowest BCUT2D eigenvalue weighted by Gasteiger charge is -2.25. The number of thiazole rings is 1. The number of aromatic nitrogens is 3. The van der Waals surface area contributed by atoms with Crippen LogP contribution in [0.1, 0.15) is 16.9 Å². The molecular weight excluding hydrogens is 482 g/mol. The van der Waals surface area contributed by atoms with Crippen LogP contribution in [0.25, 0.3) is 20.4 Å². The van der Waals surface area contributed by atoms with Crippen molar-refractivity contribution in [2.75, 3.05) is 46.1 Å². The van der Waals surface area contributed by atoms with Crippen molar-refractivity contribution < 1.29 is 4.79 Å². The molecular formula is C24H29N7O2S2. The van der Waals surface area contributed by atoms with Gasteiger partial charge in [0.15, 0.2) is 0 Å². The summed E-state index contributed by atoms with van der Waals surface area (Å²) >= 11 is 2.91. The number of rotatable bonds is 8. The molecule has 3 heterocycles. The van der Waals surface area contributed by atoms with E-state index in [1.807, 2.05) is 39.3 Å². The molecule has 9 nitrogen and oxygen atoms in total. The average Bonchev–Trinajstić information content (AvgIpc) is 3.39. The van der Waals surface area contributed by atoms with Crippen molar-refractivity contribution in [1.29, 1.82) is 0 Å². The molecule has 1 aromatic carbocycles. The van der Waals surface area contributed by atoms with Gasteiger partial charge < -0.3 is 25.4 Å². The number of thiophene rings is 1. The van der Waals surface area contributed by atoms with Crippen LogP contribution in [0, 0.1) is 0 Å². The first-order chi connectivity index (χ1) is 16.9. The Morgan fingerprint density at radius 2 is 2.06 bits per heavy atom. The Hall–Kier alpha value is -2.86. The van der Waals surface area contributed by atoms with Crippen LogP contribution in [0.15, 0.2) is 29.3 Å². The molecule has 4 aromatic rings. The molecule has 0 saturated carbocycles. The number of hydrogen-bond donors (Lipinski definition) is 3. The molecule has 184 valence electrons. The number of fused-ring (bicyclic) bond motifs is 4.